The number of carbonyl (C=O) groups is 3. The molecule has 0 aliphatic rings. The van der Waals surface area contributed by atoms with E-state index in [4.69, 9.17) is 14.2 Å². The normalized spacial score (nSPS) is 13.3. The van der Waals surface area contributed by atoms with Gasteiger partial charge in [0.05, 0.1) is 34.4 Å². The quantitative estimate of drug-likeness (QED) is 0.0313. The molecule has 8 heteroatoms. The average molecular weight is 681 g/mol. The van der Waals surface area contributed by atoms with Gasteiger partial charge in [0, 0.05) is 19.3 Å². The molecule has 0 spiro atoms. The van der Waals surface area contributed by atoms with Crippen molar-refractivity contribution in [3.05, 3.63) is 24.3 Å². The highest BCUT2D eigenvalue weighted by Crippen LogP contribution is 2.13. The third kappa shape index (κ3) is 29.9. The van der Waals surface area contributed by atoms with Crippen LogP contribution < -0.4 is 0 Å². The number of carboxylic acids is 1. The molecule has 0 saturated carbocycles. The van der Waals surface area contributed by atoms with Gasteiger partial charge < -0.3 is 23.8 Å². The number of carboxylic acid groups (broad SMARTS) is 1. The summed E-state index contributed by atoms with van der Waals surface area (Å²) in [6.07, 6.45) is 32.4. The van der Waals surface area contributed by atoms with E-state index in [1.807, 2.05) is 27.2 Å². The molecule has 0 fully saturated rings. The van der Waals surface area contributed by atoms with E-state index >= 15 is 0 Å². The lowest BCUT2D eigenvalue weighted by molar-refractivity contribution is -0.887. The van der Waals surface area contributed by atoms with Crippen LogP contribution in [0.4, 0.5) is 0 Å². The monoisotopic (exact) mass is 681 g/mol. The lowest BCUT2D eigenvalue weighted by Crippen LogP contribution is -2.50. The number of carbonyl (C=O) groups excluding carboxylic acids is 2. The zero-order valence-corrected chi connectivity index (χ0v) is 31.7. The molecule has 0 radical (unpaired) electrons. The number of likely N-dealkylation sites (N-methyl/N-ethyl adjacent to an activating group) is 1. The maximum absolute atomic E-state index is 12.6. The Balaban J connectivity index is 4.40. The minimum absolute atomic E-state index is 0.0483. The molecule has 0 aromatic heterocycles. The minimum Gasteiger partial charge on any atom is -0.477 e. The molecule has 0 aliphatic heterocycles. The summed E-state index contributed by atoms with van der Waals surface area (Å²) in [4.78, 5) is 36.6. The van der Waals surface area contributed by atoms with Crippen molar-refractivity contribution in [3.8, 4) is 0 Å². The Labute approximate surface area is 294 Å². The fourth-order valence-corrected chi connectivity index (χ4v) is 5.51. The molecule has 0 heterocycles. The van der Waals surface area contributed by atoms with E-state index in [1.54, 1.807) is 0 Å². The topological polar surface area (TPSA) is 99.1 Å². The Morgan fingerprint density at radius 2 is 1.08 bits per heavy atom. The Kier molecular flexibility index (Phi) is 30.6. The van der Waals surface area contributed by atoms with Crippen molar-refractivity contribution >= 4 is 17.9 Å². The second-order valence-electron chi connectivity index (χ2n) is 14.2. The Morgan fingerprint density at radius 3 is 1.60 bits per heavy atom. The fraction of sp³-hybridized carbons (Fsp3) is 0.825. The summed E-state index contributed by atoms with van der Waals surface area (Å²) in [5.41, 5.74) is 0. The molecule has 0 aromatic rings. The van der Waals surface area contributed by atoms with Gasteiger partial charge in [-0.25, -0.2) is 4.79 Å². The van der Waals surface area contributed by atoms with Crippen LogP contribution >= 0.6 is 0 Å². The highest BCUT2D eigenvalue weighted by atomic mass is 16.6. The summed E-state index contributed by atoms with van der Waals surface area (Å²) in [5.74, 6) is -1.54. The van der Waals surface area contributed by atoms with Crippen LogP contribution in [0.3, 0.4) is 0 Å². The number of rotatable bonds is 34. The Hall–Kier alpha value is -2.19. The van der Waals surface area contributed by atoms with Crippen LogP contribution in [0.5, 0.6) is 0 Å². The highest BCUT2D eigenvalue weighted by Gasteiger charge is 2.31. The van der Waals surface area contributed by atoms with Crippen molar-refractivity contribution in [1.29, 1.82) is 0 Å². The molecule has 0 aliphatic carbocycles. The van der Waals surface area contributed by atoms with Crippen molar-refractivity contribution in [3.63, 3.8) is 0 Å². The van der Waals surface area contributed by atoms with Crippen molar-refractivity contribution in [2.45, 2.75) is 174 Å². The predicted octanol–water partition coefficient (Wildman–Crippen LogP) is 9.74. The summed E-state index contributed by atoms with van der Waals surface area (Å²) >= 11 is 0. The van der Waals surface area contributed by atoms with Gasteiger partial charge in [0.1, 0.15) is 6.61 Å². The molecule has 0 aromatic carbocycles. The van der Waals surface area contributed by atoms with E-state index in [1.165, 1.54) is 83.5 Å². The van der Waals surface area contributed by atoms with Crippen LogP contribution in [0.15, 0.2) is 24.3 Å². The summed E-state index contributed by atoms with van der Waals surface area (Å²) in [7, 11) is 5.50. The van der Waals surface area contributed by atoms with E-state index in [-0.39, 0.29) is 42.7 Å². The molecule has 2 unspecified atom stereocenters. The number of allylic oxidation sites excluding steroid dienone is 4. The number of nitrogens with zero attached hydrogens (tertiary/aromatic N) is 1. The van der Waals surface area contributed by atoms with Gasteiger partial charge in [0.15, 0.2) is 12.1 Å². The molecule has 280 valence electrons. The summed E-state index contributed by atoms with van der Waals surface area (Å²) < 4.78 is 17.1. The van der Waals surface area contributed by atoms with Crippen LogP contribution in [0.2, 0.25) is 0 Å². The van der Waals surface area contributed by atoms with E-state index in [0.717, 1.165) is 38.5 Å². The number of hydrogen-bond donors (Lipinski definition) is 1. The summed E-state index contributed by atoms with van der Waals surface area (Å²) in [5, 5.41) is 9.57. The number of esters is 2. The van der Waals surface area contributed by atoms with Gasteiger partial charge in [-0.1, -0.05) is 115 Å². The van der Waals surface area contributed by atoms with Crippen LogP contribution in [0.25, 0.3) is 0 Å². The first kappa shape index (κ1) is 45.8. The van der Waals surface area contributed by atoms with Crippen molar-refractivity contribution in [1.82, 2.24) is 0 Å². The summed E-state index contributed by atoms with van der Waals surface area (Å²) in [6, 6.07) is -0.616. The second kappa shape index (κ2) is 32.0. The van der Waals surface area contributed by atoms with Crippen LogP contribution in [0, 0.1) is 0 Å². The van der Waals surface area contributed by atoms with Crippen molar-refractivity contribution in [2.75, 3.05) is 41.0 Å². The van der Waals surface area contributed by atoms with Gasteiger partial charge in [-0.05, 0) is 51.4 Å². The lowest BCUT2D eigenvalue weighted by atomic mass is 10.1. The number of ether oxygens (including phenoxy) is 3. The van der Waals surface area contributed by atoms with Gasteiger partial charge in [-0.3, -0.25) is 9.59 Å². The number of unbranched alkanes of at least 4 members (excludes halogenated alkanes) is 16. The maximum atomic E-state index is 12.6. The van der Waals surface area contributed by atoms with Gasteiger partial charge >= 0.3 is 17.9 Å². The van der Waals surface area contributed by atoms with Gasteiger partial charge in [0.25, 0.3) is 0 Å². The number of aliphatic carboxylic acids is 1. The maximum Gasteiger partial charge on any atom is 0.362 e. The van der Waals surface area contributed by atoms with Crippen LogP contribution in [-0.2, 0) is 28.6 Å². The van der Waals surface area contributed by atoms with E-state index in [9.17, 15) is 19.5 Å². The molecule has 8 nitrogen and oxygen atoms in total. The van der Waals surface area contributed by atoms with E-state index in [0.29, 0.717) is 19.3 Å². The average Bonchev–Trinajstić information content (AvgIpc) is 3.03. The Morgan fingerprint density at radius 1 is 0.604 bits per heavy atom. The number of hydrogen-bond acceptors (Lipinski definition) is 6. The molecular formula is C40H74NO7+. The molecule has 1 N–H and O–H groups in total. The molecule has 2 atom stereocenters. The van der Waals surface area contributed by atoms with E-state index < -0.39 is 18.1 Å². The first-order valence-corrected chi connectivity index (χ1v) is 19.4. The molecular weight excluding hydrogens is 606 g/mol. The van der Waals surface area contributed by atoms with Gasteiger partial charge in [0.2, 0.25) is 0 Å². The first-order valence-electron chi connectivity index (χ1n) is 19.4. The molecule has 48 heavy (non-hydrogen) atoms. The molecule has 0 amide bonds. The lowest BCUT2D eigenvalue weighted by Gasteiger charge is -2.31. The zero-order chi connectivity index (χ0) is 35.7. The van der Waals surface area contributed by atoms with Gasteiger partial charge in [-0.15, -0.1) is 0 Å². The van der Waals surface area contributed by atoms with Crippen molar-refractivity contribution < 1.29 is 38.2 Å². The minimum atomic E-state index is -0.881. The summed E-state index contributed by atoms with van der Waals surface area (Å²) in [6.45, 7) is 4.63. The molecule has 0 saturated heterocycles. The van der Waals surface area contributed by atoms with Crippen molar-refractivity contribution in [2.24, 2.45) is 0 Å². The highest BCUT2D eigenvalue weighted by molar-refractivity contribution is 5.72. The third-order valence-electron chi connectivity index (χ3n) is 8.59. The van der Waals surface area contributed by atoms with Gasteiger partial charge in [-0.2, -0.15) is 0 Å². The third-order valence-corrected chi connectivity index (χ3v) is 8.59. The molecule has 0 rings (SSSR count). The smallest absolute Gasteiger partial charge is 0.362 e. The van der Waals surface area contributed by atoms with E-state index in [2.05, 4.69) is 32.1 Å². The SMILES string of the molecule is CCCCCC/C=C/CCC(=O)OCC(COCCC(C(=O)O)[N+](C)(C)C)OC(=O)CCCCCCC/C=C/CCCCCCCCC. The zero-order valence-electron chi connectivity index (χ0n) is 31.7. The second-order valence-corrected chi connectivity index (χ2v) is 14.2. The standard InChI is InChI=1S/C40H73NO7/c1-6-8-10-12-14-16-17-18-19-20-21-22-23-25-27-29-31-39(43)48-36(34-46-33-32-37(40(44)45)41(3,4)5)35-47-38(42)30-28-26-24-15-13-11-9-7-2/h19-20,24,26,36-37H,6-18,21-23,25,27-35H2,1-5H3/p+1/b20-19+,26-24+. The predicted molar refractivity (Wildman–Crippen MR) is 197 cm³/mol. The first-order chi connectivity index (χ1) is 23.1. The molecule has 0 bridgehead atoms. The fourth-order valence-electron chi connectivity index (χ4n) is 5.51. The van der Waals surface area contributed by atoms with Crippen LogP contribution in [0.1, 0.15) is 162 Å². The largest absolute Gasteiger partial charge is 0.477 e. The Bertz CT molecular complexity index is 849. The number of quaternary nitrogens is 1. The van der Waals surface area contributed by atoms with Crippen LogP contribution in [-0.4, -0.2) is 80.6 Å².